The van der Waals surface area contributed by atoms with Crippen LogP contribution in [0.15, 0.2) is 58.3 Å². The summed E-state index contributed by atoms with van der Waals surface area (Å²) in [5.74, 6) is 0. The molecule has 0 aromatic heterocycles. The summed E-state index contributed by atoms with van der Waals surface area (Å²) in [4.78, 5) is 12.3. The summed E-state index contributed by atoms with van der Waals surface area (Å²) in [6.07, 6.45) is 1.02. The zero-order valence-electron chi connectivity index (χ0n) is 12.1. The third kappa shape index (κ3) is 3.83. The molecule has 4 nitrogen and oxygen atoms in total. The van der Waals surface area contributed by atoms with Gasteiger partial charge in [-0.3, -0.25) is 10.1 Å². The van der Waals surface area contributed by atoms with Crippen molar-refractivity contribution >= 4 is 17.4 Å². The molecule has 0 fully saturated rings. The molecule has 0 aliphatic rings. The molecule has 1 unspecified atom stereocenters. The van der Waals surface area contributed by atoms with Gasteiger partial charge in [0.1, 0.15) is 0 Å². The molecule has 110 valence electrons. The molecule has 0 heterocycles. The largest absolute Gasteiger partial charge is 0.313 e. The summed E-state index contributed by atoms with van der Waals surface area (Å²) in [5.41, 5.74) is 1.38. The van der Waals surface area contributed by atoms with E-state index < -0.39 is 0 Å². The predicted molar refractivity (Wildman–Crippen MR) is 85.8 cm³/mol. The van der Waals surface area contributed by atoms with Crippen LogP contribution in [0, 0.1) is 10.1 Å². The van der Waals surface area contributed by atoms with Crippen molar-refractivity contribution in [2.45, 2.75) is 29.2 Å². The smallest absolute Gasteiger partial charge is 0.283 e. The Kier molecular flexibility index (Phi) is 5.36. The summed E-state index contributed by atoms with van der Waals surface area (Å²) < 4.78 is 0. The fraction of sp³-hybridized carbons (Fsp3) is 0.250. The lowest BCUT2D eigenvalue weighted by molar-refractivity contribution is -0.387. The Balaban J connectivity index is 2.19. The average Bonchev–Trinajstić information content (AvgIpc) is 2.50. The minimum absolute atomic E-state index is 0.147. The number of hydrogen-bond donors (Lipinski definition) is 1. The highest BCUT2D eigenvalue weighted by Gasteiger charge is 2.13. The van der Waals surface area contributed by atoms with E-state index in [9.17, 15) is 10.1 Å². The first-order valence-electron chi connectivity index (χ1n) is 6.84. The van der Waals surface area contributed by atoms with Crippen LogP contribution in [-0.4, -0.2) is 12.0 Å². The number of benzene rings is 2. The Morgan fingerprint density at radius 2 is 1.86 bits per heavy atom. The molecule has 1 N–H and O–H groups in total. The van der Waals surface area contributed by atoms with E-state index in [0.29, 0.717) is 10.9 Å². The van der Waals surface area contributed by atoms with Gasteiger partial charge in [0, 0.05) is 17.0 Å². The van der Waals surface area contributed by atoms with Gasteiger partial charge in [0.2, 0.25) is 0 Å². The second kappa shape index (κ2) is 7.24. The van der Waals surface area contributed by atoms with Gasteiger partial charge < -0.3 is 5.32 Å². The van der Waals surface area contributed by atoms with E-state index >= 15 is 0 Å². The van der Waals surface area contributed by atoms with Crippen LogP contribution >= 0.6 is 11.8 Å². The normalized spacial score (nSPS) is 12.1. The monoisotopic (exact) mass is 302 g/mol. The van der Waals surface area contributed by atoms with E-state index in [2.05, 4.69) is 24.4 Å². The van der Waals surface area contributed by atoms with E-state index in [1.807, 2.05) is 25.2 Å². The maximum absolute atomic E-state index is 11.0. The molecule has 5 heteroatoms. The molecular weight excluding hydrogens is 284 g/mol. The van der Waals surface area contributed by atoms with Gasteiger partial charge in [0.25, 0.3) is 5.69 Å². The van der Waals surface area contributed by atoms with Crippen molar-refractivity contribution in [2.75, 3.05) is 7.05 Å². The molecular formula is C16H18N2O2S. The van der Waals surface area contributed by atoms with Gasteiger partial charge in [0.15, 0.2) is 0 Å². The first-order chi connectivity index (χ1) is 10.2. The second-order valence-corrected chi connectivity index (χ2v) is 5.76. The minimum Gasteiger partial charge on any atom is -0.313 e. The van der Waals surface area contributed by atoms with Crippen LogP contribution in [0.2, 0.25) is 0 Å². The Bertz CT molecular complexity index is 610. The lowest BCUT2D eigenvalue weighted by Gasteiger charge is -2.14. The van der Waals surface area contributed by atoms with Crippen LogP contribution in [0.3, 0.4) is 0 Å². The molecule has 0 amide bonds. The number of rotatable bonds is 6. The number of nitro groups is 1. The van der Waals surface area contributed by atoms with E-state index in [1.54, 1.807) is 12.1 Å². The van der Waals surface area contributed by atoms with Crippen molar-refractivity contribution < 1.29 is 4.92 Å². The zero-order chi connectivity index (χ0) is 15.2. The van der Waals surface area contributed by atoms with Crippen molar-refractivity contribution in [1.29, 1.82) is 0 Å². The van der Waals surface area contributed by atoms with Gasteiger partial charge >= 0.3 is 0 Å². The van der Waals surface area contributed by atoms with E-state index in [1.165, 1.54) is 23.4 Å². The van der Waals surface area contributed by atoms with Gasteiger partial charge in [-0.15, -0.1) is 0 Å². The standard InChI is InChI=1S/C16H18N2O2S/c1-3-14(17-2)12-8-10-13(11-9-12)21-16-7-5-4-6-15(16)18(19)20/h4-11,14,17H,3H2,1-2H3. The second-order valence-electron chi connectivity index (χ2n) is 4.65. The van der Waals surface area contributed by atoms with Crippen molar-refractivity contribution in [1.82, 2.24) is 5.32 Å². The maximum atomic E-state index is 11.0. The molecule has 2 aromatic rings. The molecule has 21 heavy (non-hydrogen) atoms. The van der Waals surface area contributed by atoms with Crippen LogP contribution in [0.25, 0.3) is 0 Å². The zero-order valence-corrected chi connectivity index (χ0v) is 12.9. The first kappa shape index (κ1) is 15.5. The molecule has 0 spiro atoms. The molecule has 1 atom stereocenters. The third-order valence-electron chi connectivity index (χ3n) is 3.33. The Morgan fingerprint density at radius 1 is 1.19 bits per heavy atom. The maximum Gasteiger partial charge on any atom is 0.283 e. The van der Waals surface area contributed by atoms with Gasteiger partial charge in [-0.1, -0.05) is 43.0 Å². The first-order valence-corrected chi connectivity index (χ1v) is 7.65. The number of para-hydroxylation sites is 1. The topological polar surface area (TPSA) is 55.2 Å². The van der Waals surface area contributed by atoms with Crippen molar-refractivity contribution in [3.8, 4) is 0 Å². The van der Waals surface area contributed by atoms with Crippen molar-refractivity contribution in [3.63, 3.8) is 0 Å². The fourth-order valence-electron chi connectivity index (χ4n) is 2.20. The molecule has 0 aliphatic carbocycles. The highest BCUT2D eigenvalue weighted by molar-refractivity contribution is 7.99. The third-order valence-corrected chi connectivity index (χ3v) is 4.40. The van der Waals surface area contributed by atoms with E-state index in [4.69, 9.17) is 0 Å². The van der Waals surface area contributed by atoms with E-state index in [-0.39, 0.29) is 10.6 Å². The summed E-state index contributed by atoms with van der Waals surface area (Å²) >= 11 is 1.42. The van der Waals surface area contributed by atoms with Gasteiger partial charge in [-0.25, -0.2) is 0 Å². The fourth-order valence-corrected chi connectivity index (χ4v) is 3.12. The van der Waals surface area contributed by atoms with Gasteiger partial charge in [-0.05, 0) is 37.2 Å². The average molecular weight is 302 g/mol. The number of nitro benzene ring substituents is 1. The molecule has 0 aliphatic heterocycles. The van der Waals surface area contributed by atoms with Crippen LogP contribution in [0.1, 0.15) is 24.9 Å². The summed E-state index contributed by atoms with van der Waals surface area (Å²) in [5, 5.41) is 14.3. The van der Waals surface area contributed by atoms with Crippen LogP contribution in [-0.2, 0) is 0 Å². The predicted octanol–water partition coefficient (Wildman–Crippen LogP) is 4.42. The van der Waals surface area contributed by atoms with Gasteiger partial charge in [0.05, 0.1) is 9.82 Å². The number of nitrogens with zero attached hydrogens (tertiary/aromatic N) is 1. The molecule has 0 saturated heterocycles. The van der Waals surface area contributed by atoms with Crippen molar-refractivity contribution in [2.24, 2.45) is 0 Å². The van der Waals surface area contributed by atoms with E-state index in [0.717, 1.165) is 11.3 Å². The highest BCUT2D eigenvalue weighted by atomic mass is 32.2. The molecule has 2 aromatic carbocycles. The number of hydrogen-bond acceptors (Lipinski definition) is 4. The number of nitrogens with one attached hydrogen (secondary N) is 1. The summed E-state index contributed by atoms with van der Waals surface area (Å²) in [7, 11) is 1.95. The van der Waals surface area contributed by atoms with Crippen LogP contribution < -0.4 is 5.32 Å². The minimum atomic E-state index is -0.342. The van der Waals surface area contributed by atoms with Gasteiger partial charge in [-0.2, -0.15) is 0 Å². The molecule has 0 bridgehead atoms. The lowest BCUT2D eigenvalue weighted by Crippen LogP contribution is -2.14. The lowest BCUT2D eigenvalue weighted by atomic mass is 10.1. The molecule has 0 saturated carbocycles. The summed E-state index contributed by atoms with van der Waals surface area (Å²) in [6.45, 7) is 2.14. The van der Waals surface area contributed by atoms with Crippen molar-refractivity contribution in [3.05, 3.63) is 64.2 Å². The highest BCUT2D eigenvalue weighted by Crippen LogP contribution is 2.34. The van der Waals surface area contributed by atoms with Crippen LogP contribution in [0.4, 0.5) is 5.69 Å². The molecule has 2 rings (SSSR count). The SMILES string of the molecule is CCC(NC)c1ccc(Sc2ccccc2[N+](=O)[O-])cc1. The Labute approximate surface area is 128 Å². The Morgan fingerprint density at radius 3 is 2.43 bits per heavy atom. The Hall–Kier alpha value is -1.85. The quantitative estimate of drug-likeness (QED) is 0.634. The molecule has 0 radical (unpaired) electrons. The van der Waals surface area contributed by atoms with Crippen LogP contribution in [0.5, 0.6) is 0 Å². The summed E-state index contributed by atoms with van der Waals surface area (Å²) in [6, 6.07) is 15.3.